The molecular weight excluding hydrogens is 400 g/mol. The molecule has 0 aliphatic carbocycles. The monoisotopic (exact) mass is 424 g/mol. The lowest BCUT2D eigenvalue weighted by Gasteiger charge is -2.15. The zero-order chi connectivity index (χ0) is 22.1. The van der Waals surface area contributed by atoms with Crippen molar-refractivity contribution >= 4 is 23.2 Å². The molecule has 1 atom stereocenters. The Morgan fingerprint density at radius 1 is 1.19 bits per heavy atom. The summed E-state index contributed by atoms with van der Waals surface area (Å²) >= 11 is 0. The van der Waals surface area contributed by atoms with Gasteiger partial charge in [-0.2, -0.15) is 5.10 Å². The van der Waals surface area contributed by atoms with Crippen LogP contribution in [0.5, 0.6) is 11.5 Å². The first-order valence-electron chi connectivity index (χ1n) is 10.0. The minimum atomic E-state index is -0.936. The molecule has 31 heavy (non-hydrogen) atoms. The molecule has 9 nitrogen and oxygen atoms in total. The molecular formula is C22H24N4O5. The van der Waals surface area contributed by atoms with Crippen LogP contribution in [-0.2, 0) is 20.7 Å². The standard InChI is InChI=1S/C22H24N4O5/c1-12-9-20-23-13(2)17(14(3)26(20)25-12)6-8-21(27)31-15(4)22(28)24-16-5-7-18-19(10-16)30-11-29-18/h5,7,9-10,15H,6,8,11H2,1-4H3,(H,24,28). The van der Waals surface area contributed by atoms with Crippen molar-refractivity contribution in [2.24, 2.45) is 0 Å². The molecule has 1 aliphatic rings. The molecule has 1 aromatic carbocycles. The van der Waals surface area contributed by atoms with Crippen LogP contribution in [0.2, 0.25) is 0 Å². The largest absolute Gasteiger partial charge is 0.454 e. The molecule has 1 aliphatic heterocycles. The van der Waals surface area contributed by atoms with Crippen molar-refractivity contribution in [1.82, 2.24) is 14.6 Å². The van der Waals surface area contributed by atoms with Gasteiger partial charge in [0.25, 0.3) is 5.91 Å². The highest BCUT2D eigenvalue weighted by Gasteiger charge is 2.20. The van der Waals surface area contributed by atoms with Gasteiger partial charge in [0.05, 0.1) is 5.69 Å². The van der Waals surface area contributed by atoms with Gasteiger partial charge in [-0.3, -0.25) is 9.59 Å². The fraction of sp³-hybridized carbons (Fsp3) is 0.364. The lowest BCUT2D eigenvalue weighted by Crippen LogP contribution is -2.30. The summed E-state index contributed by atoms with van der Waals surface area (Å²) in [6.45, 7) is 7.48. The number of hydrogen-bond donors (Lipinski definition) is 1. The number of nitrogens with zero attached hydrogens (tertiary/aromatic N) is 3. The van der Waals surface area contributed by atoms with Crippen molar-refractivity contribution in [1.29, 1.82) is 0 Å². The molecule has 0 saturated heterocycles. The van der Waals surface area contributed by atoms with E-state index in [9.17, 15) is 9.59 Å². The van der Waals surface area contributed by atoms with Gasteiger partial charge < -0.3 is 19.5 Å². The smallest absolute Gasteiger partial charge is 0.306 e. The van der Waals surface area contributed by atoms with Crippen molar-refractivity contribution in [3.8, 4) is 11.5 Å². The number of anilines is 1. The van der Waals surface area contributed by atoms with E-state index in [0.29, 0.717) is 23.6 Å². The maximum atomic E-state index is 12.4. The van der Waals surface area contributed by atoms with Crippen molar-refractivity contribution in [2.75, 3.05) is 12.1 Å². The molecule has 1 N–H and O–H groups in total. The van der Waals surface area contributed by atoms with Crippen LogP contribution in [0.4, 0.5) is 5.69 Å². The first-order valence-corrected chi connectivity index (χ1v) is 10.0. The number of ether oxygens (including phenoxy) is 3. The number of amides is 1. The predicted molar refractivity (Wildman–Crippen MR) is 112 cm³/mol. The molecule has 1 unspecified atom stereocenters. The topological polar surface area (TPSA) is 104 Å². The number of benzene rings is 1. The van der Waals surface area contributed by atoms with E-state index in [4.69, 9.17) is 14.2 Å². The fourth-order valence-corrected chi connectivity index (χ4v) is 3.56. The van der Waals surface area contributed by atoms with Gasteiger partial charge in [0.2, 0.25) is 6.79 Å². The minimum Gasteiger partial charge on any atom is -0.454 e. The first-order chi connectivity index (χ1) is 14.8. The van der Waals surface area contributed by atoms with E-state index in [1.54, 1.807) is 22.7 Å². The Morgan fingerprint density at radius 2 is 1.97 bits per heavy atom. The summed E-state index contributed by atoms with van der Waals surface area (Å²) in [5.74, 6) is 0.311. The SMILES string of the molecule is Cc1cc2nc(C)c(CCC(=O)OC(C)C(=O)Nc3ccc4c(c3)OCO4)c(C)n2n1. The first kappa shape index (κ1) is 20.6. The number of aromatic nitrogens is 3. The molecule has 2 aromatic heterocycles. The second-order valence-electron chi connectivity index (χ2n) is 7.51. The molecule has 1 amide bonds. The summed E-state index contributed by atoms with van der Waals surface area (Å²) in [7, 11) is 0. The Kier molecular flexibility index (Phi) is 5.50. The zero-order valence-electron chi connectivity index (χ0n) is 17.9. The number of hydrogen-bond acceptors (Lipinski definition) is 7. The van der Waals surface area contributed by atoms with Gasteiger partial charge >= 0.3 is 5.97 Å². The highest BCUT2D eigenvalue weighted by Crippen LogP contribution is 2.34. The Hall–Kier alpha value is -3.62. The zero-order valence-corrected chi connectivity index (χ0v) is 17.9. The van der Waals surface area contributed by atoms with Gasteiger partial charge in [-0.15, -0.1) is 0 Å². The van der Waals surface area contributed by atoms with Gasteiger partial charge in [-0.1, -0.05) is 0 Å². The molecule has 0 spiro atoms. The van der Waals surface area contributed by atoms with E-state index in [1.165, 1.54) is 6.92 Å². The van der Waals surface area contributed by atoms with Crippen LogP contribution in [-0.4, -0.2) is 39.4 Å². The third-order valence-electron chi connectivity index (χ3n) is 5.18. The van der Waals surface area contributed by atoms with Crippen LogP contribution in [0.15, 0.2) is 24.3 Å². The van der Waals surface area contributed by atoms with Crippen molar-refractivity contribution in [3.63, 3.8) is 0 Å². The predicted octanol–water partition coefficient (Wildman–Crippen LogP) is 2.89. The van der Waals surface area contributed by atoms with Crippen molar-refractivity contribution in [3.05, 3.63) is 46.9 Å². The minimum absolute atomic E-state index is 0.136. The summed E-state index contributed by atoms with van der Waals surface area (Å²) < 4.78 is 17.6. The summed E-state index contributed by atoms with van der Waals surface area (Å²) in [6.07, 6.45) is -0.347. The summed E-state index contributed by atoms with van der Waals surface area (Å²) in [5.41, 5.74) is 4.95. The Balaban J connectivity index is 1.34. The van der Waals surface area contributed by atoms with E-state index in [1.807, 2.05) is 26.8 Å². The molecule has 3 heterocycles. The van der Waals surface area contributed by atoms with E-state index in [0.717, 1.165) is 28.3 Å². The molecule has 0 bridgehead atoms. The van der Waals surface area contributed by atoms with Crippen LogP contribution >= 0.6 is 0 Å². The van der Waals surface area contributed by atoms with E-state index >= 15 is 0 Å². The summed E-state index contributed by atoms with van der Waals surface area (Å²) in [5, 5.41) is 7.16. The highest BCUT2D eigenvalue weighted by atomic mass is 16.7. The molecule has 3 aromatic rings. The molecule has 0 saturated carbocycles. The quantitative estimate of drug-likeness (QED) is 0.607. The van der Waals surface area contributed by atoms with Crippen LogP contribution in [0.1, 0.15) is 36.0 Å². The van der Waals surface area contributed by atoms with Crippen LogP contribution < -0.4 is 14.8 Å². The van der Waals surface area contributed by atoms with Crippen LogP contribution in [0.3, 0.4) is 0 Å². The Morgan fingerprint density at radius 3 is 2.77 bits per heavy atom. The number of esters is 1. The van der Waals surface area contributed by atoms with Crippen molar-refractivity contribution < 1.29 is 23.8 Å². The van der Waals surface area contributed by atoms with E-state index in [2.05, 4.69) is 15.4 Å². The second-order valence-corrected chi connectivity index (χ2v) is 7.51. The fourth-order valence-electron chi connectivity index (χ4n) is 3.56. The van der Waals surface area contributed by atoms with Gasteiger partial charge in [0, 0.05) is 35.6 Å². The second kappa shape index (κ2) is 8.25. The number of nitrogens with one attached hydrogen (secondary N) is 1. The lowest BCUT2D eigenvalue weighted by atomic mass is 10.1. The van der Waals surface area contributed by atoms with Gasteiger partial charge in [-0.25, -0.2) is 9.50 Å². The Labute approximate surface area is 179 Å². The summed E-state index contributed by atoms with van der Waals surface area (Å²) in [6, 6.07) is 7.00. The number of carbonyl (C=O) groups is 2. The van der Waals surface area contributed by atoms with Crippen LogP contribution in [0, 0.1) is 20.8 Å². The number of carbonyl (C=O) groups excluding carboxylic acids is 2. The third-order valence-corrected chi connectivity index (χ3v) is 5.18. The van der Waals surface area contributed by atoms with Gasteiger partial charge in [-0.05, 0) is 51.8 Å². The summed E-state index contributed by atoms with van der Waals surface area (Å²) in [4.78, 5) is 29.3. The maximum Gasteiger partial charge on any atom is 0.306 e. The normalized spacial score (nSPS) is 13.3. The van der Waals surface area contributed by atoms with Gasteiger partial charge in [0.15, 0.2) is 23.3 Å². The van der Waals surface area contributed by atoms with Crippen LogP contribution in [0.25, 0.3) is 5.65 Å². The molecule has 0 radical (unpaired) electrons. The van der Waals surface area contributed by atoms with E-state index < -0.39 is 18.0 Å². The van der Waals surface area contributed by atoms with Gasteiger partial charge in [0.1, 0.15) is 0 Å². The molecule has 0 fully saturated rings. The van der Waals surface area contributed by atoms with E-state index in [-0.39, 0.29) is 13.2 Å². The average Bonchev–Trinajstić information content (AvgIpc) is 3.33. The highest BCUT2D eigenvalue weighted by molar-refractivity contribution is 5.95. The maximum absolute atomic E-state index is 12.4. The van der Waals surface area contributed by atoms with Crippen molar-refractivity contribution in [2.45, 2.75) is 46.6 Å². The number of rotatable bonds is 6. The molecule has 4 rings (SSSR count). The lowest BCUT2D eigenvalue weighted by molar-refractivity contribution is -0.153. The average molecular weight is 424 g/mol. The third kappa shape index (κ3) is 4.30. The number of aryl methyl sites for hydroxylation is 3. The molecule has 9 heteroatoms. The number of fused-ring (bicyclic) bond motifs is 2. The Bertz CT molecular complexity index is 1170. The molecule has 162 valence electrons.